The molecule has 0 fully saturated rings. The summed E-state index contributed by atoms with van der Waals surface area (Å²) >= 11 is 3.43. The van der Waals surface area contributed by atoms with Crippen LogP contribution in [-0.2, 0) is 16.4 Å². The molecule has 0 bridgehead atoms. The van der Waals surface area contributed by atoms with Crippen LogP contribution in [0.25, 0.3) is 0 Å². The van der Waals surface area contributed by atoms with Crippen molar-refractivity contribution in [2.45, 2.75) is 11.4 Å². The molecule has 0 amide bonds. The third-order valence-corrected chi connectivity index (χ3v) is 4.63. The van der Waals surface area contributed by atoms with Crippen molar-refractivity contribution >= 4 is 31.5 Å². The third-order valence-electron chi connectivity index (χ3n) is 3.01. The first kappa shape index (κ1) is 15.9. The van der Waals surface area contributed by atoms with Gasteiger partial charge in [0.1, 0.15) is 5.75 Å². The lowest BCUT2D eigenvalue weighted by Gasteiger charge is -2.11. The fourth-order valence-electron chi connectivity index (χ4n) is 1.90. The van der Waals surface area contributed by atoms with E-state index in [-0.39, 0.29) is 0 Å². The molecule has 4 nitrogen and oxygen atoms in total. The molecule has 0 aliphatic heterocycles. The second-order valence-electron chi connectivity index (χ2n) is 4.61. The zero-order valence-corrected chi connectivity index (χ0v) is 14.2. The largest absolute Gasteiger partial charge is 0.496 e. The highest BCUT2D eigenvalue weighted by molar-refractivity contribution is 9.10. The third kappa shape index (κ3) is 4.22. The van der Waals surface area contributed by atoms with E-state index in [2.05, 4.69) is 21.2 Å². The second-order valence-corrected chi connectivity index (χ2v) is 7.54. The molecule has 0 saturated heterocycles. The molecule has 0 unspecified atom stereocenters. The summed E-state index contributed by atoms with van der Waals surface area (Å²) in [6, 6.07) is 12.5. The lowest BCUT2D eigenvalue weighted by molar-refractivity contribution is 0.410. The number of benzene rings is 2. The molecule has 0 aliphatic carbocycles. The van der Waals surface area contributed by atoms with Gasteiger partial charge >= 0.3 is 0 Å². The number of rotatable bonds is 5. The molecule has 112 valence electrons. The topological polar surface area (TPSA) is 55.4 Å². The standard InChI is InChI=1S/C15H16BrNO3S/c1-20-15-8-3-12(16)9-11(15)10-17-13-4-6-14(7-5-13)21(2,18)19/h3-9,17H,10H2,1-2H3. The molecule has 0 saturated carbocycles. The molecule has 0 aliphatic rings. The Balaban J connectivity index is 2.12. The Kier molecular flexibility index (Phi) is 4.90. The van der Waals surface area contributed by atoms with Crippen LogP contribution in [0.3, 0.4) is 0 Å². The average Bonchev–Trinajstić information content (AvgIpc) is 2.45. The minimum atomic E-state index is -3.16. The van der Waals surface area contributed by atoms with Gasteiger partial charge in [0.05, 0.1) is 12.0 Å². The first-order valence-corrected chi connectivity index (χ1v) is 8.95. The first-order valence-electron chi connectivity index (χ1n) is 6.26. The van der Waals surface area contributed by atoms with Crippen LogP contribution in [-0.4, -0.2) is 21.8 Å². The number of anilines is 1. The Hall–Kier alpha value is -1.53. The van der Waals surface area contributed by atoms with E-state index >= 15 is 0 Å². The van der Waals surface area contributed by atoms with Crippen LogP contribution >= 0.6 is 15.9 Å². The van der Waals surface area contributed by atoms with Crippen LogP contribution in [0.1, 0.15) is 5.56 Å². The molecule has 21 heavy (non-hydrogen) atoms. The van der Waals surface area contributed by atoms with Gasteiger partial charge in [-0.05, 0) is 42.5 Å². The number of methoxy groups -OCH3 is 1. The van der Waals surface area contributed by atoms with Gasteiger partial charge in [-0.2, -0.15) is 0 Å². The molecule has 0 heterocycles. The maximum Gasteiger partial charge on any atom is 0.175 e. The number of hydrogen-bond donors (Lipinski definition) is 1. The van der Waals surface area contributed by atoms with Gasteiger partial charge in [0, 0.05) is 28.5 Å². The van der Waals surface area contributed by atoms with Crippen LogP contribution in [0.15, 0.2) is 51.8 Å². The maximum atomic E-state index is 11.4. The predicted molar refractivity (Wildman–Crippen MR) is 87.6 cm³/mol. The Morgan fingerprint density at radius 1 is 1.14 bits per heavy atom. The van der Waals surface area contributed by atoms with Gasteiger partial charge in [-0.1, -0.05) is 15.9 Å². The Morgan fingerprint density at radius 2 is 1.81 bits per heavy atom. The summed E-state index contributed by atoms with van der Waals surface area (Å²) in [6.45, 7) is 0.584. The van der Waals surface area contributed by atoms with Crippen LogP contribution in [0, 0.1) is 0 Å². The molecule has 2 aromatic carbocycles. The number of halogens is 1. The minimum absolute atomic E-state index is 0.313. The average molecular weight is 370 g/mol. The van der Waals surface area contributed by atoms with Gasteiger partial charge in [-0.15, -0.1) is 0 Å². The van der Waals surface area contributed by atoms with Gasteiger partial charge in [-0.3, -0.25) is 0 Å². The van der Waals surface area contributed by atoms with E-state index in [1.165, 1.54) is 6.26 Å². The van der Waals surface area contributed by atoms with E-state index in [1.54, 1.807) is 31.4 Å². The smallest absolute Gasteiger partial charge is 0.175 e. The van der Waals surface area contributed by atoms with Crippen molar-refractivity contribution in [2.24, 2.45) is 0 Å². The van der Waals surface area contributed by atoms with Crippen molar-refractivity contribution in [1.82, 2.24) is 0 Å². The van der Waals surface area contributed by atoms with Crippen molar-refractivity contribution in [3.63, 3.8) is 0 Å². The molecule has 0 radical (unpaired) electrons. The zero-order chi connectivity index (χ0) is 15.5. The second kappa shape index (κ2) is 6.49. The lowest BCUT2D eigenvalue weighted by atomic mass is 10.2. The van der Waals surface area contributed by atoms with Gasteiger partial charge < -0.3 is 10.1 Å². The van der Waals surface area contributed by atoms with Crippen LogP contribution in [0.4, 0.5) is 5.69 Å². The molecular weight excluding hydrogens is 354 g/mol. The molecular formula is C15H16BrNO3S. The summed E-state index contributed by atoms with van der Waals surface area (Å²) < 4.78 is 29.1. The fourth-order valence-corrected chi connectivity index (χ4v) is 2.94. The van der Waals surface area contributed by atoms with Crippen LogP contribution < -0.4 is 10.1 Å². The normalized spacial score (nSPS) is 11.2. The van der Waals surface area contributed by atoms with Crippen molar-refractivity contribution in [1.29, 1.82) is 0 Å². The summed E-state index contributed by atoms with van der Waals surface area (Å²) in [7, 11) is -1.52. The van der Waals surface area contributed by atoms with E-state index in [0.717, 1.165) is 21.5 Å². The van der Waals surface area contributed by atoms with Crippen LogP contribution in [0.5, 0.6) is 5.75 Å². The fraction of sp³-hybridized carbons (Fsp3) is 0.200. The van der Waals surface area contributed by atoms with Crippen LogP contribution in [0.2, 0.25) is 0 Å². The monoisotopic (exact) mass is 369 g/mol. The number of nitrogens with one attached hydrogen (secondary N) is 1. The predicted octanol–water partition coefficient (Wildman–Crippen LogP) is 3.47. The summed E-state index contributed by atoms with van der Waals surface area (Å²) in [5.41, 5.74) is 1.86. The van der Waals surface area contributed by atoms with Crippen molar-refractivity contribution in [3.8, 4) is 5.75 Å². The number of ether oxygens (including phenoxy) is 1. The Morgan fingerprint density at radius 3 is 2.38 bits per heavy atom. The van der Waals surface area contributed by atoms with E-state index < -0.39 is 9.84 Å². The number of sulfone groups is 1. The summed E-state index contributed by atoms with van der Waals surface area (Å²) in [4.78, 5) is 0.313. The minimum Gasteiger partial charge on any atom is -0.496 e. The Labute approximate surface area is 133 Å². The highest BCUT2D eigenvalue weighted by Crippen LogP contribution is 2.24. The van der Waals surface area contributed by atoms with Gasteiger partial charge in [0.15, 0.2) is 9.84 Å². The molecule has 6 heteroatoms. The van der Waals surface area contributed by atoms with Gasteiger partial charge in [-0.25, -0.2) is 8.42 Å². The quantitative estimate of drug-likeness (QED) is 0.876. The maximum absolute atomic E-state index is 11.4. The van der Waals surface area contributed by atoms with E-state index in [0.29, 0.717) is 11.4 Å². The summed E-state index contributed by atoms with van der Waals surface area (Å²) in [6.07, 6.45) is 1.20. The molecule has 2 aromatic rings. The lowest BCUT2D eigenvalue weighted by Crippen LogP contribution is -2.02. The molecule has 1 N–H and O–H groups in total. The van der Waals surface area contributed by atoms with E-state index in [1.807, 2.05) is 18.2 Å². The zero-order valence-electron chi connectivity index (χ0n) is 11.8. The SMILES string of the molecule is COc1ccc(Br)cc1CNc1ccc(S(C)(=O)=O)cc1. The first-order chi connectivity index (χ1) is 9.90. The van der Waals surface area contributed by atoms with E-state index in [4.69, 9.17) is 4.74 Å². The highest BCUT2D eigenvalue weighted by atomic mass is 79.9. The van der Waals surface area contributed by atoms with Crippen molar-refractivity contribution in [3.05, 3.63) is 52.5 Å². The molecule has 0 aromatic heterocycles. The number of hydrogen-bond acceptors (Lipinski definition) is 4. The molecule has 2 rings (SSSR count). The summed E-state index contributed by atoms with van der Waals surface area (Å²) in [5, 5.41) is 3.25. The summed E-state index contributed by atoms with van der Waals surface area (Å²) in [5.74, 6) is 0.804. The van der Waals surface area contributed by atoms with E-state index in [9.17, 15) is 8.42 Å². The molecule has 0 atom stereocenters. The highest BCUT2D eigenvalue weighted by Gasteiger charge is 2.07. The van der Waals surface area contributed by atoms with Gasteiger partial charge in [0.25, 0.3) is 0 Å². The molecule has 0 spiro atoms. The Bertz CT molecular complexity index is 727. The van der Waals surface area contributed by atoms with Crippen molar-refractivity contribution < 1.29 is 13.2 Å². The van der Waals surface area contributed by atoms with Gasteiger partial charge in [0.2, 0.25) is 0 Å². The van der Waals surface area contributed by atoms with Crippen molar-refractivity contribution in [2.75, 3.05) is 18.7 Å².